The van der Waals surface area contributed by atoms with Crippen LogP contribution in [0.5, 0.6) is 0 Å². The van der Waals surface area contributed by atoms with Crippen molar-refractivity contribution in [3.8, 4) is 0 Å². The van der Waals surface area contributed by atoms with Gasteiger partial charge in [0.15, 0.2) is 0 Å². The molecule has 0 aromatic rings. The summed E-state index contributed by atoms with van der Waals surface area (Å²) in [5.74, 6) is 0.0837. The highest BCUT2D eigenvalue weighted by Gasteiger charge is 2.10. The second-order valence-electron chi connectivity index (χ2n) is 4.14. The average Bonchev–Trinajstić information content (AvgIpc) is 1.81. The predicted octanol–water partition coefficient (Wildman–Crippen LogP) is 1.48. The second-order valence-corrected chi connectivity index (χ2v) is 6.15. The van der Waals surface area contributed by atoms with Crippen molar-refractivity contribution >= 4 is 17.0 Å². The monoisotopic (exact) mass is 207 g/mol. The Bertz CT molecular complexity index is 163. The average molecular weight is 207 g/mol. The number of carbonyl (C=O) groups excluding carboxylic acids is 1. The molecule has 0 radical (unpaired) electrons. The molecule has 0 fully saturated rings. The Morgan fingerprint density at radius 2 is 1.92 bits per heavy atom. The maximum atomic E-state index is 11.2. The Balaban J connectivity index is 3.49. The van der Waals surface area contributed by atoms with Gasteiger partial charge in [0.2, 0.25) is 5.91 Å². The molecule has 3 nitrogen and oxygen atoms in total. The molecule has 0 saturated carbocycles. The van der Waals surface area contributed by atoms with Crippen LogP contribution in [0.4, 0.5) is 0 Å². The summed E-state index contributed by atoms with van der Waals surface area (Å²) in [4.78, 5) is 11.2. The van der Waals surface area contributed by atoms with Crippen LogP contribution in [-0.4, -0.2) is 30.6 Å². The minimum absolute atomic E-state index is 0.0837. The Morgan fingerprint density at radius 1 is 1.38 bits per heavy atom. The zero-order valence-corrected chi connectivity index (χ0v) is 10.1. The van der Waals surface area contributed by atoms with E-state index in [1.807, 2.05) is 33.3 Å². The molecule has 0 atom stereocenters. The molecule has 0 unspecified atom stereocenters. The fourth-order valence-electron chi connectivity index (χ4n) is 0.755. The first-order chi connectivity index (χ1) is 5.81. The van der Waals surface area contributed by atoms with Crippen molar-refractivity contribution in [3.05, 3.63) is 0 Å². The molecule has 0 bridgehead atoms. The highest BCUT2D eigenvalue weighted by molar-refractivity contribution is 8.14. The van der Waals surface area contributed by atoms with Crippen LogP contribution in [0.15, 0.2) is 0 Å². The van der Waals surface area contributed by atoms with Crippen molar-refractivity contribution in [2.75, 3.05) is 19.1 Å². The van der Waals surface area contributed by atoms with Gasteiger partial charge in [0, 0.05) is 0 Å². The number of amides is 1. The lowest BCUT2D eigenvalue weighted by Gasteiger charge is -2.19. The number of rotatable bonds is 4. The maximum absolute atomic E-state index is 11.2. The summed E-state index contributed by atoms with van der Waals surface area (Å²) in [5.41, 5.74) is -0.149. The second kappa shape index (κ2) is 5.50. The molecule has 0 aliphatic heterocycles. The third-order valence-corrected chi connectivity index (χ3v) is 1.91. The fourth-order valence-corrected chi connectivity index (χ4v) is 1.37. The summed E-state index contributed by atoms with van der Waals surface area (Å²) < 4.78 is 8.30. The Labute approximate surface area is 83.7 Å². The van der Waals surface area contributed by atoms with Gasteiger partial charge >= 0.3 is 0 Å². The van der Waals surface area contributed by atoms with Crippen molar-refractivity contribution in [2.45, 2.75) is 32.8 Å². The zero-order valence-electron chi connectivity index (χ0n) is 9.18. The normalized spacial score (nSPS) is 12.5. The largest absolute Gasteiger partial charge is 0.375 e. The minimum atomic E-state index is -0.340. The molecular weight excluding hydrogens is 186 g/mol. The first kappa shape index (κ1) is 12.8. The van der Waals surface area contributed by atoms with Gasteiger partial charge in [-0.3, -0.25) is 4.79 Å². The van der Waals surface area contributed by atoms with E-state index in [1.54, 1.807) is 0 Å². The van der Waals surface area contributed by atoms with E-state index in [1.165, 1.54) is 0 Å². The number of hydrogen-bond donors (Lipinski definition) is 2. The SMILES string of the molecule is C[SH](C)NC(=O)CCOC(C)(C)C. The quantitative estimate of drug-likeness (QED) is 0.685. The van der Waals surface area contributed by atoms with E-state index in [0.717, 1.165) is 0 Å². The number of carbonyl (C=O) groups is 1. The van der Waals surface area contributed by atoms with Crippen molar-refractivity contribution in [1.29, 1.82) is 0 Å². The molecule has 13 heavy (non-hydrogen) atoms. The number of nitrogens with one attached hydrogen (secondary N) is 1. The molecular formula is C9H21NO2S. The summed E-state index contributed by atoms with van der Waals surface area (Å²) in [7, 11) is 0. The number of ether oxygens (including phenoxy) is 1. The van der Waals surface area contributed by atoms with E-state index in [0.29, 0.717) is 13.0 Å². The van der Waals surface area contributed by atoms with Gasteiger partial charge in [-0.2, -0.15) is 11.1 Å². The number of hydrogen-bond acceptors (Lipinski definition) is 2. The lowest BCUT2D eigenvalue weighted by Crippen LogP contribution is -2.25. The highest BCUT2D eigenvalue weighted by atomic mass is 32.2. The summed E-state index contributed by atoms with van der Waals surface area (Å²) in [6, 6.07) is 0. The van der Waals surface area contributed by atoms with Gasteiger partial charge in [-0.15, -0.1) is 0 Å². The Kier molecular flexibility index (Phi) is 5.40. The molecule has 0 aromatic carbocycles. The van der Waals surface area contributed by atoms with Gasteiger partial charge in [0.1, 0.15) is 0 Å². The molecule has 1 amide bonds. The van der Waals surface area contributed by atoms with E-state index in [9.17, 15) is 4.79 Å². The van der Waals surface area contributed by atoms with Crippen molar-refractivity contribution in [1.82, 2.24) is 4.72 Å². The molecule has 0 aromatic heterocycles. The molecule has 0 aliphatic carbocycles. The van der Waals surface area contributed by atoms with Crippen LogP contribution in [0.3, 0.4) is 0 Å². The topological polar surface area (TPSA) is 38.3 Å². The Hall–Kier alpha value is -0.220. The van der Waals surface area contributed by atoms with E-state index >= 15 is 0 Å². The van der Waals surface area contributed by atoms with E-state index in [-0.39, 0.29) is 22.6 Å². The molecule has 4 heteroatoms. The van der Waals surface area contributed by atoms with E-state index in [2.05, 4.69) is 4.72 Å². The molecule has 0 aliphatic rings. The van der Waals surface area contributed by atoms with Crippen LogP contribution in [0.2, 0.25) is 0 Å². The van der Waals surface area contributed by atoms with E-state index < -0.39 is 0 Å². The van der Waals surface area contributed by atoms with Crippen LogP contribution in [-0.2, 0) is 9.53 Å². The van der Waals surface area contributed by atoms with Gasteiger partial charge in [0.05, 0.1) is 18.6 Å². The van der Waals surface area contributed by atoms with Crippen molar-refractivity contribution in [3.63, 3.8) is 0 Å². The highest BCUT2D eigenvalue weighted by Crippen LogP contribution is 2.08. The lowest BCUT2D eigenvalue weighted by atomic mass is 10.2. The molecule has 0 spiro atoms. The zero-order chi connectivity index (χ0) is 10.5. The van der Waals surface area contributed by atoms with Gasteiger partial charge in [-0.25, -0.2) is 0 Å². The third kappa shape index (κ3) is 9.70. The molecule has 80 valence electrons. The molecule has 1 N–H and O–H groups in total. The van der Waals surface area contributed by atoms with Crippen LogP contribution >= 0.6 is 11.1 Å². The third-order valence-electron chi connectivity index (χ3n) is 1.21. The summed E-state index contributed by atoms with van der Waals surface area (Å²) >= 11 is -0.340. The lowest BCUT2D eigenvalue weighted by molar-refractivity contribution is -0.121. The summed E-state index contributed by atoms with van der Waals surface area (Å²) in [6.07, 6.45) is 4.48. The van der Waals surface area contributed by atoms with Gasteiger partial charge in [-0.05, 0) is 33.3 Å². The summed E-state index contributed by atoms with van der Waals surface area (Å²) in [5, 5.41) is 0. The fraction of sp³-hybridized carbons (Fsp3) is 0.889. The van der Waals surface area contributed by atoms with Gasteiger partial charge < -0.3 is 9.46 Å². The van der Waals surface area contributed by atoms with Gasteiger partial charge in [0.25, 0.3) is 0 Å². The first-order valence-corrected chi connectivity index (χ1v) is 6.65. The van der Waals surface area contributed by atoms with Crippen molar-refractivity contribution in [2.24, 2.45) is 0 Å². The summed E-state index contributed by atoms with van der Waals surface area (Å²) in [6.45, 7) is 6.45. The smallest absolute Gasteiger partial charge is 0.230 e. The van der Waals surface area contributed by atoms with Crippen LogP contribution < -0.4 is 4.72 Å². The Morgan fingerprint density at radius 3 is 2.31 bits per heavy atom. The molecule has 0 heterocycles. The van der Waals surface area contributed by atoms with Crippen LogP contribution in [0.25, 0.3) is 0 Å². The molecule has 0 saturated heterocycles. The van der Waals surface area contributed by atoms with Crippen LogP contribution in [0.1, 0.15) is 27.2 Å². The van der Waals surface area contributed by atoms with Crippen molar-refractivity contribution < 1.29 is 9.53 Å². The van der Waals surface area contributed by atoms with Gasteiger partial charge in [-0.1, -0.05) is 0 Å². The predicted molar refractivity (Wildman–Crippen MR) is 59.3 cm³/mol. The minimum Gasteiger partial charge on any atom is -0.375 e. The van der Waals surface area contributed by atoms with E-state index in [4.69, 9.17) is 4.74 Å². The first-order valence-electron chi connectivity index (χ1n) is 4.42. The standard InChI is InChI=1S/C9H21NO2S/c1-9(2,3)12-7-6-8(11)10-13(4)5/h13H,6-7H2,1-5H3,(H,10,11). The molecule has 0 rings (SSSR count). The number of thiol groups is 1. The maximum Gasteiger partial charge on any atom is 0.230 e. The van der Waals surface area contributed by atoms with Crippen LogP contribution in [0, 0.1) is 0 Å².